The quantitative estimate of drug-likeness (QED) is 0.348. The molecule has 30 heavy (non-hydrogen) atoms. The van der Waals surface area contributed by atoms with E-state index in [4.69, 9.17) is 35.4 Å². The van der Waals surface area contributed by atoms with Gasteiger partial charge in [0.1, 0.15) is 5.57 Å². The minimum absolute atomic E-state index is 0.00184. The number of nitrogens with zero attached hydrogens (tertiary/aromatic N) is 2. The molecule has 2 heterocycles. The molecule has 3 aromatic rings. The minimum Gasteiger partial charge on any atom is -0.298 e. The fourth-order valence-electron chi connectivity index (χ4n) is 3.08. The third-order valence-corrected chi connectivity index (χ3v) is 5.37. The smallest absolute Gasteiger partial charge is 0.270 e. The number of benzene rings is 2. The van der Waals surface area contributed by atoms with Gasteiger partial charge in [0, 0.05) is 33.6 Å². The van der Waals surface area contributed by atoms with Gasteiger partial charge in [-0.15, -0.1) is 0 Å². The van der Waals surface area contributed by atoms with Crippen LogP contribution in [0.25, 0.3) is 17.2 Å². The van der Waals surface area contributed by atoms with E-state index in [0.717, 1.165) is 11.1 Å². The van der Waals surface area contributed by atoms with Crippen molar-refractivity contribution < 1.29 is 9.59 Å². The van der Waals surface area contributed by atoms with Gasteiger partial charge in [-0.3, -0.25) is 24.8 Å². The van der Waals surface area contributed by atoms with E-state index >= 15 is 0 Å². The molecule has 8 heteroatoms. The zero-order valence-electron chi connectivity index (χ0n) is 15.3. The van der Waals surface area contributed by atoms with Crippen molar-refractivity contribution >= 4 is 64.1 Å². The van der Waals surface area contributed by atoms with Gasteiger partial charge in [-0.2, -0.15) is 0 Å². The van der Waals surface area contributed by atoms with Crippen LogP contribution in [0.5, 0.6) is 0 Å². The molecule has 1 N–H and O–H groups in total. The average molecular weight is 454 g/mol. The van der Waals surface area contributed by atoms with Gasteiger partial charge in [-0.05, 0) is 60.3 Å². The molecule has 5 nitrogen and oxygen atoms in total. The number of nitrogens with one attached hydrogen (secondary N) is 1. The molecule has 1 aliphatic heterocycles. The van der Waals surface area contributed by atoms with Crippen molar-refractivity contribution in [2.75, 3.05) is 4.90 Å². The van der Waals surface area contributed by atoms with Crippen molar-refractivity contribution in [3.8, 4) is 11.1 Å². The average Bonchev–Trinajstić information content (AvgIpc) is 2.73. The van der Waals surface area contributed by atoms with E-state index in [2.05, 4.69) is 10.3 Å². The molecule has 0 spiro atoms. The number of pyridine rings is 1. The lowest BCUT2D eigenvalue weighted by molar-refractivity contribution is -0.122. The minimum atomic E-state index is -0.579. The first-order valence-electron chi connectivity index (χ1n) is 8.81. The standard InChI is InChI=1S/C22H13Cl2N3O2S/c23-14-5-7-15(8-6-14)27-21(29)18(20(28)26-22(27)30)11-13-12-25-10-9-16(13)17-3-1-2-4-19(17)24/h1-12H,(H,26,28,30)/b18-11+. The van der Waals surface area contributed by atoms with Crippen LogP contribution in [-0.4, -0.2) is 21.9 Å². The van der Waals surface area contributed by atoms with E-state index in [1.54, 1.807) is 48.8 Å². The largest absolute Gasteiger partial charge is 0.298 e. The molecule has 0 saturated carbocycles. The Balaban J connectivity index is 1.79. The summed E-state index contributed by atoms with van der Waals surface area (Å²) in [5, 5.41) is 3.64. The highest BCUT2D eigenvalue weighted by molar-refractivity contribution is 7.80. The van der Waals surface area contributed by atoms with Crippen LogP contribution in [0.1, 0.15) is 5.56 Å². The summed E-state index contributed by atoms with van der Waals surface area (Å²) in [6.07, 6.45) is 4.69. The van der Waals surface area contributed by atoms with Gasteiger partial charge in [-0.25, -0.2) is 0 Å². The number of thiocarbonyl (C=S) groups is 1. The summed E-state index contributed by atoms with van der Waals surface area (Å²) < 4.78 is 0. The van der Waals surface area contributed by atoms with E-state index in [-0.39, 0.29) is 10.7 Å². The molecule has 0 unspecified atom stereocenters. The van der Waals surface area contributed by atoms with Crippen LogP contribution in [-0.2, 0) is 9.59 Å². The van der Waals surface area contributed by atoms with Crippen LogP contribution in [0.2, 0.25) is 10.0 Å². The molecule has 1 aliphatic rings. The molecule has 1 aromatic heterocycles. The van der Waals surface area contributed by atoms with E-state index in [1.807, 2.05) is 18.2 Å². The number of aromatic nitrogens is 1. The van der Waals surface area contributed by atoms with Crippen molar-refractivity contribution in [3.05, 3.63) is 88.2 Å². The number of carbonyl (C=O) groups excluding carboxylic acids is 2. The van der Waals surface area contributed by atoms with Crippen molar-refractivity contribution in [1.82, 2.24) is 10.3 Å². The highest BCUT2D eigenvalue weighted by atomic mass is 35.5. The summed E-state index contributed by atoms with van der Waals surface area (Å²) in [5.74, 6) is -1.12. The van der Waals surface area contributed by atoms with E-state index in [1.165, 1.54) is 11.0 Å². The van der Waals surface area contributed by atoms with Gasteiger partial charge < -0.3 is 0 Å². The molecular weight excluding hydrogens is 441 g/mol. The van der Waals surface area contributed by atoms with Gasteiger partial charge in [-0.1, -0.05) is 41.4 Å². The second-order valence-electron chi connectivity index (χ2n) is 6.38. The molecule has 1 saturated heterocycles. The SMILES string of the molecule is O=C1NC(=S)N(c2ccc(Cl)cc2)C(=O)/C1=C/c1cnccc1-c1ccccc1Cl. The van der Waals surface area contributed by atoms with Gasteiger partial charge in [0.2, 0.25) is 0 Å². The zero-order chi connectivity index (χ0) is 21.3. The summed E-state index contributed by atoms with van der Waals surface area (Å²) in [6.45, 7) is 0. The molecule has 0 bridgehead atoms. The first kappa shape index (κ1) is 20.2. The fraction of sp³-hybridized carbons (Fsp3) is 0. The first-order valence-corrected chi connectivity index (χ1v) is 9.98. The zero-order valence-corrected chi connectivity index (χ0v) is 17.6. The van der Waals surface area contributed by atoms with Gasteiger partial charge in [0.15, 0.2) is 5.11 Å². The first-order chi connectivity index (χ1) is 14.5. The van der Waals surface area contributed by atoms with Crippen molar-refractivity contribution in [1.29, 1.82) is 0 Å². The Hall–Kier alpha value is -3.06. The lowest BCUT2D eigenvalue weighted by Gasteiger charge is -2.29. The third-order valence-electron chi connectivity index (χ3n) is 4.50. The summed E-state index contributed by atoms with van der Waals surface area (Å²) in [7, 11) is 0. The monoisotopic (exact) mass is 453 g/mol. The van der Waals surface area contributed by atoms with Crippen LogP contribution in [0.4, 0.5) is 5.69 Å². The van der Waals surface area contributed by atoms with Gasteiger partial charge in [0.05, 0.1) is 5.69 Å². The highest BCUT2D eigenvalue weighted by Gasteiger charge is 2.34. The molecule has 2 amide bonds. The number of halogens is 2. The highest BCUT2D eigenvalue weighted by Crippen LogP contribution is 2.32. The summed E-state index contributed by atoms with van der Waals surface area (Å²) in [6, 6.07) is 15.7. The Morgan fingerprint density at radius 1 is 0.967 bits per heavy atom. The number of rotatable bonds is 3. The molecule has 1 fully saturated rings. The van der Waals surface area contributed by atoms with Crippen molar-refractivity contribution in [2.45, 2.75) is 0 Å². The molecule has 0 atom stereocenters. The van der Waals surface area contributed by atoms with Crippen LogP contribution in [0.3, 0.4) is 0 Å². The summed E-state index contributed by atoms with van der Waals surface area (Å²) >= 11 is 17.5. The topological polar surface area (TPSA) is 62.3 Å². The third kappa shape index (κ3) is 3.85. The molecule has 4 rings (SSSR count). The van der Waals surface area contributed by atoms with Crippen LogP contribution < -0.4 is 10.2 Å². The predicted octanol–water partition coefficient (Wildman–Crippen LogP) is 4.89. The Bertz CT molecular complexity index is 1210. The number of amides is 2. The molecular formula is C22H13Cl2N3O2S. The fourth-order valence-corrected chi connectivity index (χ4v) is 3.73. The van der Waals surface area contributed by atoms with E-state index in [0.29, 0.717) is 21.3 Å². The van der Waals surface area contributed by atoms with Crippen LogP contribution >= 0.6 is 35.4 Å². The van der Waals surface area contributed by atoms with E-state index < -0.39 is 11.8 Å². The second-order valence-corrected chi connectivity index (χ2v) is 7.61. The Morgan fingerprint density at radius 2 is 1.70 bits per heavy atom. The van der Waals surface area contributed by atoms with Crippen molar-refractivity contribution in [3.63, 3.8) is 0 Å². The Kier molecular flexibility index (Phi) is 5.63. The normalized spacial score (nSPS) is 15.5. The number of anilines is 1. The number of carbonyl (C=O) groups is 2. The lowest BCUT2D eigenvalue weighted by atomic mass is 9.99. The molecule has 0 aliphatic carbocycles. The van der Waals surface area contributed by atoms with E-state index in [9.17, 15) is 9.59 Å². The predicted molar refractivity (Wildman–Crippen MR) is 122 cm³/mol. The summed E-state index contributed by atoms with van der Waals surface area (Å²) in [5.41, 5.74) is 2.52. The Labute approximate surface area is 187 Å². The number of hydrogen-bond acceptors (Lipinski definition) is 4. The van der Waals surface area contributed by atoms with Crippen LogP contribution in [0.15, 0.2) is 72.6 Å². The molecule has 148 valence electrons. The maximum absolute atomic E-state index is 13.2. The van der Waals surface area contributed by atoms with Crippen molar-refractivity contribution in [2.24, 2.45) is 0 Å². The lowest BCUT2D eigenvalue weighted by Crippen LogP contribution is -2.54. The molecule has 0 radical (unpaired) electrons. The molecule has 2 aromatic carbocycles. The number of hydrogen-bond donors (Lipinski definition) is 1. The van der Waals surface area contributed by atoms with Gasteiger partial charge >= 0.3 is 0 Å². The Morgan fingerprint density at radius 3 is 2.43 bits per heavy atom. The van der Waals surface area contributed by atoms with Crippen LogP contribution in [0, 0.1) is 0 Å². The maximum atomic E-state index is 13.2. The van der Waals surface area contributed by atoms with Gasteiger partial charge in [0.25, 0.3) is 11.8 Å². The summed E-state index contributed by atoms with van der Waals surface area (Å²) in [4.78, 5) is 31.2. The second kappa shape index (κ2) is 8.36. The maximum Gasteiger partial charge on any atom is 0.270 e.